The number of anilines is 1. The number of piperazine rings is 1. The first-order valence-corrected chi connectivity index (χ1v) is 16.0. The third kappa shape index (κ3) is 4.96. The maximum Gasteiger partial charge on any atom is 0.319 e. The van der Waals surface area contributed by atoms with Crippen LogP contribution in [0.15, 0.2) is 44.9 Å². The van der Waals surface area contributed by atoms with Crippen LogP contribution in [0, 0.1) is 0 Å². The van der Waals surface area contributed by atoms with Crippen molar-refractivity contribution >= 4 is 54.2 Å². The van der Waals surface area contributed by atoms with Gasteiger partial charge in [0.15, 0.2) is 5.65 Å². The van der Waals surface area contributed by atoms with E-state index in [1.54, 1.807) is 63.2 Å². The molecule has 1 aliphatic heterocycles. The SMILES string of the molecule is C[C@@H]1CN(c2cc(S(=O)(=O)NC3(C)CC3)cc3c(=O)n(Cc4cnn(C)c4)c4c(Br)cnn4c23)CCN1C(=O)N(C)C. The normalized spacial score (nSPS) is 18.7. The van der Waals surface area contributed by atoms with E-state index < -0.39 is 15.6 Å². The summed E-state index contributed by atoms with van der Waals surface area (Å²) in [7, 11) is 1.31. The number of nitrogens with zero attached hydrogens (tertiary/aromatic N) is 8. The molecule has 6 rings (SSSR count). The van der Waals surface area contributed by atoms with Crippen LogP contribution >= 0.6 is 15.9 Å². The molecule has 0 radical (unpaired) electrons. The van der Waals surface area contributed by atoms with Crippen molar-refractivity contribution in [1.29, 1.82) is 0 Å². The summed E-state index contributed by atoms with van der Waals surface area (Å²) in [5, 5.41) is 9.09. The van der Waals surface area contributed by atoms with Crippen LogP contribution in [-0.2, 0) is 23.6 Å². The van der Waals surface area contributed by atoms with Gasteiger partial charge >= 0.3 is 6.03 Å². The Bertz CT molecular complexity index is 1890. The number of hydrogen-bond acceptors (Lipinski definition) is 7. The maximum atomic E-state index is 14.3. The average Bonchev–Trinajstić information content (AvgIpc) is 3.30. The summed E-state index contributed by atoms with van der Waals surface area (Å²) < 4.78 is 35.7. The highest BCUT2D eigenvalue weighted by molar-refractivity contribution is 9.10. The van der Waals surface area contributed by atoms with Crippen LogP contribution in [0.3, 0.4) is 0 Å². The molecule has 42 heavy (non-hydrogen) atoms. The van der Waals surface area contributed by atoms with E-state index in [2.05, 4.69) is 30.8 Å². The summed E-state index contributed by atoms with van der Waals surface area (Å²) in [5.41, 5.74) is 1.62. The van der Waals surface area contributed by atoms with Gasteiger partial charge < -0.3 is 14.7 Å². The fourth-order valence-corrected chi connectivity index (χ4v) is 7.60. The van der Waals surface area contributed by atoms with Crippen molar-refractivity contribution in [2.75, 3.05) is 38.6 Å². The van der Waals surface area contributed by atoms with Gasteiger partial charge in [-0.25, -0.2) is 22.4 Å². The van der Waals surface area contributed by atoms with E-state index in [-0.39, 0.29) is 34.5 Å². The van der Waals surface area contributed by atoms with E-state index in [4.69, 9.17) is 0 Å². The number of fused-ring (bicyclic) bond motifs is 3. The van der Waals surface area contributed by atoms with Crippen molar-refractivity contribution in [2.24, 2.45) is 7.05 Å². The molecule has 1 N–H and O–H groups in total. The Kier molecular flexibility index (Phi) is 6.89. The Hall–Kier alpha value is -3.43. The van der Waals surface area contributed by atoms with Crippen LogP contribution in [0.25, 0.3) is 16.6 Å². The number of aryl methyl sites for hydroxylation is 1. The maximum absolute atomic E-state index is 14.3. The van der Waals surface area contributed by atoms with Gasteiger partial charge in [0.1, 0.15) is 5.52 Å². The highest BCUT2D eigenvalue weighted by atomic mass is 79.9. The van der Waals surface area contributed by atoms with Gasteiger partial charge in [-0.15, -0.1) is 0 Å². The van der Waals surface area contributed by atoms with E-state index in [0.29, 0.717) is 41.0 Å². The molecule has 4 heterocycles. The summed E-state index contributed by atoms with van der Waals surface area (Å²) >= 11 is 3.58. The first-order valence-electron chi connectivity index (χ1n) is 13.8. The minimum Gasteiger partial charge on any atom is -0.366 e. The lowest BCUT2D eigenvalue weighted by Crippen LogP contribution is -2.56. The monoisotopic (exact) mass is 659 g/mol. The van der Waals surface area contributed by atoms with Crippen molar-refractivity contribution in [2.45, 2.75) is 49.7 Å². The smallest absolute Gasteiger partial charge is 0.319 e. The Balaban J connectivity index is 1.57. The topological polar surface area (TPSA) is 130 Å². The molecule has 1 aliphatic carbocycles. The molecule has 1 atom stereocenters. The second kappa shape index (κ2) is 10.1. The second-order valence-corrected chi connectivity index (χ2v) is 14.3. The molecule has 0 unspecified atom stereocenters. The molecule has 0 spiro atoms. The molecule has 2 amide bonds. The van der Waals surface area contributed by atoms with Crippen LogP contribution in [0.5, 0.6) is 0 Å². The van der Waals surface area contributed by atoms with Crippen molar-refractivity contribution in [3.63, 3.8) is 0 Å². The predicted molar refractivity (Wildman–Crippen MR) is 162 cm³/mol. The molecule has 0 bridgehead atoms. The molecule has 224 valence electrons. The molecule has 2 aliphatic rings. The number of carbonyl (C=O) groups excluding carboxylic acids is 1. The number of urea groups is 1. The quantitative estimate of drug-likeness (QED) is 0.336. The molecule has 4 aromatic rings. The largest absolute Gasteiger partial charge is 0.366 e. The molecule has 1 saturated carbocycles. The molecule has 3 aromatic heterocycles. The molecule has 1 aromatic carbocycles. The van der Waals surface area contributed by atoms with Gasteiger partial charge in [-0.05, 0) is 54.8 Å². The molecule has 2 fully saturated rings. The molecule has 13 nitrogen and oxygen atoms in total. The number of amides is 2. The van der Waals surface area contributed by atoms with Crippen LogP contribution < -0.4 is 15.2 Å². The third-order valence-corrected chi connectivity index (χ3v) is 10.3. The van der Waals surface area contributed by atoms with Gasteiger partial charge in [0.2, 0.25) is 10.0 Å². The molecular formula is C27H34BrN9O4S. The van der Waals surface area contributed by atoms with Gasteiger partial charge in [0, 0.05) is 64.1 Å². The fourth-order valence-electron chi connectivity index (χ4n) is 5.62. The first kappa shape index (κ1) is 28.7. The summed E-state index contributed by atoms with van der Waals surface area (Å²) in [5.74, 6) is 0. The number of hydrogen-bond donors (Lipinski definition) is 1. The number of benzene rings is 1. The van der Waals surface area contributed by atoms with Gasteiger partial charge in [0.05, 0.1) is 39.4 Å². The van der Waals surface area contributed by atoms with Gasteiger partial charge in [-0.1, -0.05) is 0 Å². The Morgan fingerprint density at radius 2 is 1.93 bits per heavy atom. The zero-order valence-electron chi connectivity index (χ0n) is 24.2. The Morgan fingerprint density at radius 1 is 1.19 bits per heavy atom. The number of halogens is 1. The van der Waals surface area contributed by atoms with E-state index in [0.717, 1.165) is 18.4 Å². The summed E-state index contributed by atoms with van der Waals surface area (Å²) in [4.78, 5) is 32.5. The Labute approximate surface area is 251 Å². The Morgan fingerprint density at radius 3 is 2.55 bits per heavy atom. The third-order valence-electron chi connectivity index (χ3n) is 8.09. The number of rotatable bonds is 6. The summed E-state index contributed by atoms with van der Waals surface area (Å²) in [6.45, 7) is 5.41. The molecular weight excluding hydrogens is 626 g/mol. The number of sulfonamides is 1. The second-order valence-electron chi connectivity index (χ2n) is 11.8. The highest BCUT2D eigenvalue weighted by Crippen LogP contribution is 2.38. The molecule has 1 saturated heterocycles. The highest BCUT2D eigenvalue weighted by Gasteiger charge is 2.42. The van der Waals surface area contributed by atoms with E-state index >= 15 is 0 Å². The van der Waals surface area contributed by atoms with Crippen LogP contribution in [0.4, 0.5) is 10.5 Å². The van der Waals surface area contributed by atoms with E-state index in [1.165, 1.54) is 6.07 Å². The minimum absolute atomic E-state index is 0.0215. The van der Waals surface area contributed by atoms with Crippen molar-refractivity contribution in [3.05, 3.63) is 51.1 Å². The minimum atomic E-state index is -3.94. The fraction of sp³-hybridized carbons (Fsp3) is 0.481. The van der Waals surface area contributed by atoms with Crippen LogP contribution in [0.2, 0.25) is 0 Å². The van der Waals surface area contributed by atoms with E-state index in [9.17, 15) is 18.0 Å². The number of carbonyl (C=O) groups is 1. The van der Waals surface area contributed by atoms with Crippen LogP contribution in [-0.4, -0.2) is 93.5 Å². The van der Waals surface area contributed by atoms with Crippen molar-refractivity contribution < 1.29 is 13.2 Å². The zero-order valence-corrected chi connectivity index (χ0v) is 26.6. The van der Waals surface area contributed by atoms with E-state index in [1.807, 2.05) is 24.9 Å². The van der Waals surface area contributed by atoms with Crippen molar-refractivity contribution in [1.82, 2.24) is 38.5 Å². The predicted octanol–water partition coefficient (Wildman–Crippen LogP) is 2.22. The average molecular weight is 661 g/mol. The summed E-state index contributed by atoms with van der Waals surface area (Å²) in [6.07, 6.45) is 6.67. The van der Waals surface area contributed by atoms with Gasteiger partial charge in [-0.2, -0.15) is 10.2 Å². The lowest BCUT2D eigenvalue weighted by atomic mass is 10.1. The van der Waals surface area contributed by atoms with Crippen LogP contribution in [0.1, 0.15) is 32.3 Å². The van der Waals surface area contributed by atoms with Gasteiger partial charge in [-0.3, -0.25) is 14.0 Å². The van der Waals surface area contributed by atoms with Crippen molar-refractivity contribution in [3.8, 4) is 0 Å². The zero-order chi connectivity index (χ0) is 30.1. The summed E-state index contributed by atoms with van der Waals surface area (Å²) in [6, 6.07) is 2.85. The number of nitrogens with one attached hydrogen (secondary N) is 1. The molecule has 15 heteroatoms. The first-order chi connectivity index (χ1) is 19.8. The van der Waals surface area contributed by atoms with Gasteiger partial charge in [0.25, 0.3) is 5.56 Å². The lowest BCUT2D eigenvalue weighted by molar-refractivity contribution is 0.147. The number of aromatic nitrogens is 5. The lowest BCUT2D eigenvalue weighted by Gasteiger charge is -2.42. The standard InChI is InChI=1S/C27H34BrN9O4S/c1-17-14-34(8-9-35(17)26(39)32(3)4)22-11-19(42(40,41)31-27(2)6-7-27)10-20-23(22)37-24(21(28)13-30-37)36(25(20)38)16-18-12-29-33(5)15-18/h10-13,15,17,31H,6-9,14,16H2,1-5H3/t17-/m1/s1.